The summed E-state index contributed by atoms with van der Waals surface area (Å²) < 4.78 is 29.0. The van der Waals surface area contributed by atoms with Gasteiger partial charge in [0.15, 0.2) is 0 Å². The zero-order chi connectivity index (χ0) is 22.4. The van der Waals surface area contributed by atoms with Crippen LogP contribution in [0.1, 0.15) is 66.9 Å². The highest BCUT2D eigenvalue weighted by Crippen LogP contribution is 2.30. The Hall–Kier alpha value is -1.76. The van der Waals surface area contributed by atoms with Gasteiger partial charge in [0.25, 0.3) is 0 Å². The lowest BCUT2D eigenvalue weighted by Crippen LogP contribution is -2.39. The number of nitrogens with zero attached hydrogens (tertiary/aromatic N) is 2. The quantitative estimate of drug-likeness (QED) is 0.518. The number of hydrogen-bond donors (Lipinski definition) is 0. The van der Waals surface area contributed by atoms with Crippen molar-refractivity contribution < 1.29 is 17.4 Å². The van der Waals surface area contributed by atoms with Gasteiger partial charge in [-0.15, -0.1) is 0 Å². The van der Waals surface area contributed by atoms with E-state index in [9.17, 15) is 13.2 Å². The molecule has 0 heterocycles. The molecule has 7 heteroatoms. The van der Waals surface area contributed by atoms with Gasteiger partial charge in [-0.2, -0.15) is 8.42 Å². The third kappa shape index (κ3) is 8.25. The topological polar surface area (TPSA) is 66.9 Å². The van der Waals surface area contributed by atoms with Crippen LogP contribution in [0, 0.1) is 5.41 Å². The maximum absolute atomic E-state index is 13.0. The average molecular weight is 427 g/mol. The van der Waals surface area contributed by atoms with E-state index in [1.807, 2.05) is 65.5 Å². The lowest BCUT2D eigenvalue weighted by atomic mass is 9.91. The molecule has 1 aromatic rings. The highest BCUT2D eigenvalue weighted by molar-refractivity contribution is 7.86. The molecule has 0 saturated carbocycles. The number of amides is 1. The fourth-order valence-corrected chi connectivity index (χ4v) is 3.63. The van der Waals surface area contributed by atoms with Gasteiger partial charge in [0.2, 0.25) is 5.91 Å². The number of carbonyl (C=O) groups excluding carboxylic acids is 1. The summed E-state index contributed by atoms with van der Waals surface area (Å²) in [6, 6.07) is 5.62. The van der Waals surface area contributed by atoms with Gasteiger partial charge in [-0.25, -0.2) is 0 Å². The van der Waals surface area contributed by atoms with Crippen molar-refractivity contribution in [1.29, 1.82) is 0 Å². The van der Waals surface area contributed by atoms with Crippen LogP contribution in [0.15, 0.2) is 18.2 Å². The van der Waals surface area contributed by atoms with Crippen molar-refractivity contribution in [3.63, 3.8) is 0 Å². The first-order chi connectivity index (χ1) is 13.3. The second-order valence-corrected chi connectivity index (χ2v) is 10.3. The minimum Gasteiger partial charge on any atom is -0.382 e. The molecular formula is C22H38N2O4S. The molecule has 1 unspecified atom stereocenters. The molecule has 0 N–H and O–H groups in total. The van der Waals surface area contributed by atoms with Crippen LogP contribution in [0.25, 0.3) is 0 Å². The van der Waals surface area contributed by atoms with Crippen molar-refractivity contribution in [3.05, 3.63) is 23.8 Å². The number of benzene rings is 1. The molecule has 1 rings (SSSR count). The SMILES string of the molecule is CCC(C)N(Cc1ccc(N(CC)CC)cc1OS(C)(=O)=O)C(=O)CC(C)(C)C. The van der Waals surface area contributed by atoms with Crippen LogP contribution in [-0.4, -0.2) is 44.6 Å². The highest BCUT2D eigenvalue weighted by Gasteiger charge is 2.26. The molecule has 0 aliphatic heterocycles. The summed E-state index contributed by atoms with van der Waals surface area (Å²) in [6.07, 6.45) is 2.28. The Morgan fingerprint density at radius 2 is 1.72 bits per heavy atom. The van der Waals surface area contributed by atoms with Gasteiger partial charge in [0.05, 0.1) is 6.26 Å². The Kier molecular flexibility index (Phi) is 9.00. The standard InChI is InChI=1S/C22H38N2O4S/c1-9-17(4)24(21(25)15-22(5,6)7)16-18-12-13-19(23(10-2)11-3)14-20(18)28-29(8,26)27/h12-14,17H,9-11,15-16H2,1-8H3. The molecule has 1 aromatic carbocycles. The monoisotopic (exact) mass is 426 g/mol. The molecule has 0 saturated heterocycles. The molecule has 0 aliphatic carbocycles. The number of rotatable bonds is 10. The molecule has 0 radical (unpaired) electrons. The summed E-state index contributed by atoms with van der Waals surface area (Å²) in [6.45, 7) is 16.2. The van der Waals surface area contributed by atoms with Crippen LogP contribution in [0.2, 0.25) is 0 Å². The largest absolute Gasteiger partial charge is 0.382 e. The van der Waals surface area contributed by atoms with E-state index in [0.29, 0.717) is 18.5 Å². The van der Waals surface area contributed by atoms with E-state index in [1.165, 1.54) is 0 Å². The molecule has 29 heavy (non-hydrogen) atoms. The van der Waals surface area contributed by atoms with Crippen molar-refractivity contribution in [2.24, 2.45) is 5.41 Å². The van der Waals surface area contributed by atoms with Crippen molar-refractivity contribution in [2.75, 3.05) is 24.2 Å². The van der Waals surface area contributed by atoms with Crippen molar-refractivity contribution in [3.8, 4) is 5.75 Å². The van der Waals surface area contributed by atoms with E-state index in [4.69, 9.17) is 4.18 Å². The van der Waals surface area contributed by atoms with Crippen LogP contribution < -0.4 is 9.08 Å². The second kappa shape index (κ2) is 10.3. The Bertz CT molecular complexity index is 780. The van der Waals surface area contributed by atoms with Gasteiger partial charge < -0.3 is 14.0 Å². The molecular weight excluding hydrogens is 388 g/mol. The number of hydrogen-bond acceptors (Lipinski definition) is 5. The van der Waals surface area contributed by atoms with Crippen molar-refractivity contribution in [1.82, 2.24) is 4.90 Å². The Morgan fingerprint density at radius 1 is 1.14 bits per heavy atom. The minimum atomic E-state index is -3.69. The second-order valence-electron chi connectivity index (χ2n) is 8.77. The summed E-state index contributed by atoms with van der Waals surface area (Å²) in [5, 5.41) is 0. The maximum Gasteiger partial charge on any atom is 0.306 e. The lowest BCUT2D eigenvalue weighted by molar-refractivity contribution is -0.135. The summed E-state index contributed by atoms with van der Waals surface area (Å²) in [5.74, 6) is 0.346. The van der Waals surface area contributed by atoms with Gasteiger partial charge in [-0.05, 0) is 38.7 Å². The first-order valence-electron chi connectivity index (χ1n) is 10.4. The first kappa shape index (κ1) is 25.3. The van der Waals surface area contributed by atoms with Gasteiger partial charge in [0.1, 0.15) is 5.75 Å². The molecule has 0 fully saturated rings. The predicted molar refractivity (Wildman–Crippen MR) is 120 cm³/mol. The molecule has 6 nitrogen and oxygen atoms in total. The minimum absolute atomic E-state index is 0.0402. The summed E-state index contributed by atoms with van der Waals surface area (Å²) >= 11 is 0. The van der Waals surface area contributed by atoms with Gasteiger partial charge in [-0.3, -0.25) is 4.79 Å². The van der Waals surface area contributed by atoms with Crippen LogP contribution in [0.4, 0.5) is 5.69 Å². The molecule has 1 amide bonds. The molecule has 0 aromatic heterocycles. The van der Waals surface area contributed by atoms with Crippen LogP contribution in [0.5, 0.6) is 5.75 Å². The third-order valence-electron chi connectivity index (χ3n) is 4.89. The lowest BCUT2D eigenvalue weighted by Gasteiger charge is -2.32. The zero-order valence-corrected chi connectivity index (χ0v) is 20.1. The maximum atomic E-state index is 13.0. The smallest absolute Gasteiger partial charge is 0.306 e. The van der Waals surface area contributed by atoms with E-state index in [0.717, 1.165) is 31.5 Å². The summed E-state index contributed by atoms with van der Waals surface area (Å²) in [4.78, 5) is 16.9. The zero-order valence-electron chi connectivity index (χ0n) is 19.3. The van der Waals surface area contributed by atoms with Gasteiger partial charge in [0, 0.05) is 49.4 Å². The number of carbonyl (C=O) groups is 1. The fraction of sp³-hybridized carbons (Fsp3) is 0.682. The summed E-state index contributed by atoms with van der Waals surface area (Å²) in [5.41, 5.74) is 1.46. The van der Waals surface area contributed by atoms with E-state index in [2.05, 4.69) is 4.90 Å². The molecule has 166 valence electrons. The average Bonchev–Trinajstić information content (AvgIpc) is 2.58. The Balaban J connectivity index is 3.34. The van der Waals surface area contributed by atoms with E-state index < -0.39 is 10.1 Å². The fourth-order valence-electron chi connectivity index (χ4n) is 3.15. The molecule has 0 spiro atoms. The predicted octanol–water partition coefficient (Wildman–Crippen LogP) is 4.43. The first-order valence-corrected chi connectivity index (χ1v) is 12.2. The Labute approximate surface area is 177 Å². The van der Waals surface area contributed by atoms with E-state index in [1.54, 1.807) is 6.07 Å². The van der Waals surface area contributed by atoms with E-state index >= 15 is 0 Å². The Morgan fingerprint density at radius 3 is 2.17 bits per heavy atom. The third-order valence-corrected chi connectivity index (χ3v) is 5.37. The van der Waals surface area contributed by atoms with Crippen LogP contribution in [-0.2, 0) is 21.5 Å². The van der Waals surface area contributed by atoms with E-state index in [-0.39, 0.29) is 23.1 Å². The van der Waals surface area contributed by atoms with Gasteiger partial charge >= 0.3 is 10.1 Å². The molecule has 0 bridgehead atoms. The molecule has 1 atom stereocenters. The molecule has 0 aliphatic rings. The van der Waals surface area contributed by atoms with Crippen molar-refractivity contribution >= 4 is 21.7 Å². The number of anilines is 1. The highest BCUT2D eigenvalue weighted by atomic mass is 32.2. The normalized spacial score (nSPS) is 13.1. The summed E-state index contributed by atoms with van der Waals surface area (Å²) in [7, 11) is -3.69. The van der Waals surface area contributed by atoms with Crippen LogP contribution in [0.3, 0.4) is 0 Å². The van der Waals surface area contributed by atoms with Gasteiger partial charge in [-0.1, -0.05) is 33.8 Å². The van der Waals surface area contributed by atoms with Crippen molar-refractivity contribution in [2.45, 2.75) is 73.9 Å². The van der Waals surface area contributed by atoms with Crippen LogP contribution >= 0.6 is 0 Å².